The van der Waals surface area contributed by atoms with Gasteiger partial charge in [0.15, 0.2) is 6.61 Å². The number of ether oxygens (including phenoxy) is 1. The second-order valence-electron chi connectivity index (χ2n) is 8.07. The number of hydrogen-bond donors (Lipinski definition) is 1. The molecular formula is C24H21ClN2O4S. The number of nitrogens with zero attached hydrogens (tertiary/aromatic N) is 2. The largest absolute Gasteiger partial charge is 0.482 e. The molecule has 6 nitrogen and oxygen atoms in total. The first-order valence-corrected chi connectivity index (χ1v) is 11.7. The first-order valence-electron chi connectivity index (χ1n) is 10.4. The quantitative estimate of drug-likeness (QED) is 0.574. The molecule has 5 rings (SSSR count). The van der Waals surface area contributed by atoms with Crippen molar-refractivity contribution < 1.29 is 19.4 Å². The third-order valence-corrected chi connectivity index (χ3v) is 7.22. The van der Waals surface area contributed by atoms with Crippen LogP contribution in [0, 0.1) is 5.92 Å². The number of benzene rings is 2. The second-order valence-corrected chi connectivity index (χ2v) is 9.39. The van der Waals surface area contributed by atoms with E-state index in [1.54, 1.807) is 23.7 Å². The predicted octanol–water partition coefficient (Wildman–Crippen LogP) is 4.54. The molecule has 0 bridgehead atoms. The Labute approximate surface area is 194 Å². The molecule has 2 aliphatic rings. The van der Waals surface area contributed by atoms with Gasteiger partial charge in [-0.2, -0.15) is 0 Å². The Hall–Kier alpha value is -2.90. The molecule has 0 radical (unpaired) electrons. The first kappa shape index (κ1) is 21.0. The van der Waals surface area contributed by atoms with Gasteiger partial charge in [-0.25, -0.2) is 9.78 Å². The summed E-state index contributed by atoms with van der Waals surface area (Å²) in [6.45, 7) is 0.0761. The number of thiazole rings is 1. The van der Waals surface area contributed by atoms with Crippen molar-refractivity contribution in [2.75, 3.05) is 13.2 Å². The second kappa shape index (κ2) is 8.56. The molecule has 164 valence electrons. The van der Waals surface area contributed by atoms with Crippen molar-refractivity contribution in [3.05, 3.63) is 80.8 Å². The number of amides is 1. The maximum atomic E-state index is 13.7. The van der Waals surface area contributed by atoms with Crippen LogP contribution in [0.4, 0.5) is 0 Å². The zero-order valence-electron chi connectivity index (χ0n) is 17.1. The SMILES string of the molecule is O=C(O)COc1ccc(Cl)cc1C1c2scnc2CCN1C(=O)[C@H]1C[C@@H]1c1ccccc1. The van der Waals surface area contributed by atoms with Crippen LogP contribution in [0.5, 0.6) is 5.75 Å². The van der Waals surface area contributed by atoms with Crippen LogP contribution in [0.15, 0.2) is 54.0 Å². The van der Waals surface area contributed by atoms with E-state index in [4.69, 9.17) is 21.4 Å². The summed E-state index contributed by atoms with van der Waals surface area (Å²) in [5, 5.41) is 9.59. The van der Waals surface area contributed by atoms with E-state index in [0.29, 0.717) is 29.3 Å². The highest BCUT2D eigenvalue weighted by atomic mass is 35.5. The van der Waals surface area contributed by atoms with Crippen LogP contribution in [-0.2, 0) is 16.0 Å². The van der Waals surface area contributed by atoms with Gasteiger partial charge in [0.05, 0.1) is 22.1 Å². The Morgan fingerprint density at radius 1 is 1.22 bits per heavy atom. The van der Waals surface area contributed by atoms with Gasteiger partial charge in [-0.15, -0.1) is 11.3 Å². The third-order valence-electron chi connectivity index (χ3n) is 6.06. The van der Waals surface area contributed by atoms with E-state index in [1.807, 2.05) is 23.1 Å². The van der Waals surface area contributed by atoms with Crippen LogP contribution in [0.3, 0.4) is 0 Å². The van der Waals surface area contributed by atoms with Crippen LogP contribution in [0.2, 0.25) is 5.02 Å². The standard InChI is InChI=1S/C24H21ClN2O4S/c25-15-6-7-20(31-12-21(28)29)18(10-15)22-23-19(26-13-32-23)8-9-27(22)24(30)17-11-16(17)14-4-2-1-3-5-14/h1-7,10,13,16-17,22H,8-9,11-12H2,(H,28,29)/t16-,17+,22?/m1/s1. The molecule has 1 aromatic heterocycles. The Balaban J connectivity index is 1.50. The summed E-state index contributed by atoms with van der Waals surface area (Å²) in [5.41, 5.74) is 4.63. The van der Waals surface area contributed by atoms with Gasteiger partial charge in [-0.3, -0.25) is 4.79 Å². The monoisotopic (exact) mass is 468 g/mol. The molecule has 1 amide bonds. The van der Waals surface area contributed by atoms with Gasteiger partial charge in [-0.1, -0.05) is 41.9 Å². The minimum Gasteiger partial charge on any atom is -0.482 e. The molecule has 1 fully saturated rings. The molecule has 32 heavy (non-hydrogen) atoms. The van der Waals surface area contributed by atoms with Gasteiger partial charge < -0.3 is 14.7 Å². The number of aliphatic carboxylic acids is 1. The molecule has 2 aromatic carbocycles. The molecule has 1 aliphatic heterocycles. The minimum absolute atomic E-state index is 0.0584. The van der Waals surface area contributed by atoms with Crippen molar-refractivity contribution in [3.8, 4) is 5.75 Å². The maximum absolute atomic E-state index is 13.7. The summed E-state index contributed by atoms with van der Waals surface area (Å²) in [5.74, 6) is -0.376. The van der Waals surface area contributed by atoms with Crippen molar-refractivity contribution in [3.63, 3.8) is 0 Å². The van der Waals surface area contributed by atoms with Crippen molar-refractivity contribution in [2.24, 2.45) is 5.92 Å². The lowest BCUT2D eigenvalue weighted by molar-refractivity contribution is -0.139. The molecule has 8 heteroatoms. The third kappa shape index (κ3) is 3.98. The summed E-state index contributed by atoms with van der Waals surface area (Å²) in [7, 11) is 0. The van der Waals surface area contributed by atoms with E-state index in [9.17, 15) is 9.59 Å². The number of carbonyl (C=O) groups is 2. The molecule has 1 saturated carbocycles. The summed E-state index contributed by atoms with van der Waals surface area (Å²) in [4.78, 5) is 32.1. The lowest BCUT2D eigenvalue weighted by Crippen LogP contribution is -2.41. The Morgan fingerprint density at radius 3 is 2.81 bits per heavy atom. The molecular weight excluding hydrogens is 448 g/mol. The molecule has 2 heterocycles. The van der Waals surface area contributed by atoms with Gasteiger partial charge in [0.1, 0.15) is 5.75 Å². The number of carbonyl (C=O) groups excluding carboxylic acids is 1. The fourth-order valence-electron chi connectivity index (χ4n) is 4.49. The zero-order chi connectivity index (χ0) is 22.2. The Bertz CT molecular complexity index is 1170. The van der Waals surface area contributed by atoms with E-state index < -0.39 is 18.6 Å². The molecule has 1 unspecified atom stereocenters. The molecule has 3 atom stereocenters. The highest BCUT2D eigenvalue weighted by molar-refractivity contribution is 7.09. The van der Waals surface area contributed by atoms with E-state index in [2.05, 4.69) is 17.1 Å². The lowest BCUT2D eigenvalue weighted by atomic mass is 9.95. The smallest absolute Gasteiger partial charge is 0.341 e. The van der Waals surface area contributed by atoms with Crippen molar-refractivity contribution in [1.82, 2.24) is 9.88 Å². The molecule has 1 aliphatic carbocycles. The normalized spacial score (nSPS) is 21.7. The van der Waals surface area contributed by atoms with E-state index in [0.717, 1.165) is 17.0 Å². The van der Waals surface area contributed by atoms with Crippen LogP contribution < -0.4 is 4.74 Å². The van der Waals surface area contributed by atoms with Crippen LogP contribution in [-0.4, -0.2) is 40.0 Å². The van der Waals surface area contributed by atoms with Gasteiger partial charge in [0, 0.05) is 29.5 Å². The number of rotatable bonds is 6. The summed E-state index contributed by atoms with van der Waals surface area (Å²) < 4.78 is 5.58. The maximum Gasteiger partial charge on any atom is 0.341 e. The van der Waals surface area contributed by atoms with E-state index >= 15 is 0 Å². The number of fused-ring (bicyclic) bond motifs is 1. The van der Waals surface area contributed by atoms with E-state index in [-0.39, 0.29) is 17.7 Å². The molecule has 0 spiro atoms. The molecule has 0 saturated heterocycles. The van der Waals surface area contributed by atoms with Crippen molar-refractivity contribution in [2.45, 2.75) is 24.8 Å². The summed E-state index contributed by atoms with van der Waals surface area (Å²) >= 11 is 7.82. The fourth-order valence-corrected chi connectivity index (χ4v) is 5.63. The Morgan fingerprint density at radius 2 is 2.03 bits per heavy atom. The van der Waals surface area contributed by atoms with Gasteiger partial charge in [0.2, 0.25) is 5.91 Å². The van der Waals surface area contributed by atoms with Crippen molar-refractivity contribution in [1.29, 1.82) is 0 Å². The van der Waals surface area contributed by atoms with Gasteiger partial charge >= 0.3 is 5.97 Å². The van der Waals surface area contributed by atoms with E-state index in [1.165, 1.54) is 16.9 Å². The number of halogens is 1. The molecule has 3 aromatic rings. The van der Waals surface area contributed by atoms with Crippen LogP contribution in [0.25, 0.3) is 0 Å². The Kier molecular flexibility index (Phi) is 5.61. The predicted molar refractivity (Wildman–Crippen MR) is 121 cm³/mol. The zero-order valence-corrected chi connectivity index (χ0v) is 18.7. The summed E-state index contributed by atoms with van der Waals surface area (Å²) in [6, 6.07) is 14.8. The topological polar surface area (TPSA) is 79.7 Å². The first-order chi connectivity index (χ1) is 15.5. The van der Waals surface area contributed by atoms with Crippen molar-refractivity contribution >= 4 is 34.8 Å². The van der Waals surface area contributed by atoms with Crippen LogP contribution in [0.1, 0.15) is 40.1 Å². The minimum atomic E-state index is -1.07. The average molecular weight is 469 g/mol. The average Bonchev–Trinajstić information content (AvgIpc) is 3.46. The highest BCUT2D eigenvalue weighted by Gasteiger charge is 2.48. The number of carboxylic acids is 1. The number of hydrogen-bond acceptors (Lipinski definition) is 5. The van der Waals surface area contributed by atoms with Gasteiger partial charge in [0.25, 0.3) is 0 Å². The summed E-state index contributed by atoms with van der Waals surface area (Å²) in [6.07, 6.45) is 1.52. The van der Waals surface area contributed by atoms with Crippen LogP contribution >= 0.6 is 22.9 Å². The highest BCUT2D eigenvalue weighted by Crippen LogP contribution is 2.51. The fraction of sp³-hybridized carbons (Fsp3) is 0.292. The lowest BCUT2D eigenvalue weighted by Gasteiger charge is -2.36. The van der Waals surface area contributed by atoms with Gasteiger partial charge in [-0.05, 0) is 36.1 Å². The number of aromatic nitrogens is 1. The number of carboxylic acid groups (broad SMARTS) is 1. The molecule has 1 N–H and O–H groups in total.